The molecule has 2 aromatic heterocycles. The summed E-state index contributed by atoms with van der Waals surface area (Å²) in [5.74, 6) is 0. The molecule has 0 bridgehead atoms. The average molecular weight is 232 g/mol. The standard InChI is InChI=1S/C7H5Cl2N3.C2H6/c1-4-3-10-12-6(9)2-5(8)11-7(4)12;1-2/h2-3H,1H3;1-2H3. The highest BCUT2D eigenvalue weighted by Gasteiger charge is 2.05. The zero-order chi connectivity index (χ0) is 10.7. The Bertz CT molecular complexity index is 437. The number of aromatic nitrogens is 3. The van der Waals surface area contributed by atoms with E-state index in [9.17, 15) is 0 Å². The van der Waals surface area contributed by atoms with Crippen LogP contribution in [0.1, 0.15) is 19.4 Å². The maximum absolute atomic E-state index is 5.85. The van der Waals surface area contributed by atoms with Crippen LogP contribution in [0.25, 0.3) is 5.65 Å². The smallest absolute Gasteiger partial charge is 0.161 e. The molecule has 2 rings (SSSR count). The van der Waals surface area contributed by atoms with E-state index in [0.717, 1.165) is 5.56 Å². The van der Waals surface area contributed by atoms with Crippen molar-refractivity contribution < 1.29 is 0 Å². The van der Waals surface area contributed by atoms with Gasteiger partial charge in [0.05, 0.1) is 6.20 Å². The van der Waals surface area contributed by atoms with Crippen molar-refractivity contribution in [3.8, 4) is 0 Å². The summed E-state index contributed by atoms with van der Waals surface area (Å²) in [6, 6.07) is 1.56. The monoisotopic (exact) mass is 231 g/mol. The minimum Gasteiger partial charge on any atom is -0.216 e. The minimum atomic E-state index is 0.385. The molecule has 14 heavy (non-hydrogen) atoms. The Morgan fingerprint density at radius 2 is 1.93 bits per heavy atom. The lowest BCUT2D eigenvalue weighted by Crippen LogP contribution is -1.92. The molecule has 0 radical (unpaired) electrons. The molecule has 0 aliphatic rings. The zero-order valence-electron chi connectivity index (χ0n) is 8.25. The molecule has 0 atom stereocenters. The van der Waals surface area contributed by atoms with Gasteiger partial charge in [0, 0.05) is 11.6 Å². The molecule has 0 aromatic carbocycles. The highest BCUT2D eigenvalue weighted by Crippen LogP contribution is 2.17. The van der Waals surface area contributed by atoms with Crippen LogP contribution < -0.4 is 0 Å². The first-order valence-electron chi connectivity index (χ1n) is 4.35. The van der Waals surface area contributed by atoms with Gasteiger partial charge in [-0.15, -0.1) is 0 Å². The van der Waals surface area contributed by atoms with Gasteiger partial charge < -0.3 is 0 Å². The fraction of sp³-hybridized carbons (Fsp3) is 0.333. The molecule has 2 heterocycles. The second-order valence-electron chi connectivity index (χ2n) is 2.46. The van der Waals surface area contributed by atoms with Gasteiger partial charge in [-0.05, 0) is 6.92 Å². The Kier molecular flexibility index (Phi) is 3.72. The summed E-state index contributed by atoms with van der Waals surface area (Å²) in [5.41, 5.74) is 1.66. The number of halogens is 2. The van der Waals surface area contributed by atoms with Crippen LogP contribution in [-0.4, -0.2) is 14.6 Å². The summed E-state index contributed by atoms with van der Waals surface area (Å²) in [4.78, 5) is 4.08. The number of hydrogen-bond acceptors (Lipinski definition) is 2. The third-order valence-electron chi connectivity index (χ3n) is 1.57. The van der Waals surface area contributed by atoms with Crippen molar-refractivity contribution in [2.75, 3.05) is 0 Å². The normalized spacial score (nSPS) is 9.79. The topological polar surface area (TPSA) is 30.2 Å². The SMILES string of the molecule is CC.Cc1cnn2c(Cl)cc(Cl)nc12. The van der Waals surface area contributed by atoms with Crippen LogP contribution in [0.3, 0.4) is 0 Å². The summed E-state index contributed by atoms with van der Waals surface area (Å²) >= 11 is 11.6. The van der Waals surface area contributed by atoms with E-state index < -0.39 is 0 Å². The van der Waals surface area contributed by atoms with Crippen LogP contribution in [0.2, 0.25) is 10.3 Å². The Morgan fingerprint density at radius 3 is 2.57 bits per heavy atom. The Balaban J connectivity index is 0.000000461. The van der Waals surface area contributed by atoms with Gasteiger partial charge in [-0.1, -0.05) is 37.0 Å². The van der Waals surface area contributed by atoms with Crippen LogP contribution in [0, 0.1) is 6.92 Å². The fourth-order valence-electron chi connectivity index (χ4n) is 1.01. The summed E-state index contributed by atoms with van der Waals surface area (Å²) in [7, 11) is 0. The molecule has 0 fully saturated rings. The third-order valence-corrected chi connectivity index (χ3v) is 2.04. The number of hydrogen-bond donors (Lipinski definition) is 0. The van der Waals surface area contributed by atoms with Gasteiger partial charge in [0.25, 0.3) is 0 Å². The molecule has 0 saturated carbocycles. The molecule has 0 saturated heterocycles. The minimum absolute atomic E-state index is 0.385. The molecular formula is C9H11Cl2N3. The largest absolute Gasteiger partial charge is 0.216 e. The molecule has 0 spiro atoms. The van der Waals surface area contributed by atoms with Crippen LogP contribution in [0.5, 0.6) is 0 Å². The summed E-state index contributed by atoms with van der Waals surface area (Å²) in [5, 5.41) is 4.88. The summed E-state index contributed by atoms with van der Waals surface area (Å²) in [6.45, 7) is 5.90. The van der Waals surface area contributed by atoms with E-state index in [1.807, 2.05) is 20.8 Å². The molecule has 5 heteroatoms. The number of rotatable bonds is 0. The second kappa shape index (κ2) is 4.62. The summed E-state index contributed by atoms with van der Waals surface area (Å²) < 4.78 is 1.54. The molecule has 0 aliphatic heterocycles. The molecule has 0 N–H and O–H groups in total. The van der Waals surface area contributed by atoms with Crippen molar-refractivity contribution >= 4 is 28.8 Å². The molecule has 0 amide bonds. The molecule has 76 valence electrons. The van der Waals surface area contributed by atoms with Gasteiger partial charge in [-0.25, -0.2) is 9.50 Å². The van der Waals surface area contributed by atoms with E-state index in [2.05, 4.69) is 10.1 Å². The van der Waals surface area contributed by atoms with Gasteiger partial charge in [0.1, 0.15) is 10.3 Å². The molecule has 2 aromatic rings. The van der Waals surface area contributed by atoms with Crippen molar-refractivity contribution in [3.05, 3.63) is 28.1 Å². The van der Waals surface area contributed by atoms with Crippen molar-refractivity contribution in [2.45, 2.75) is 20.8 Å². The van der Waals surface area contributed by atoms with Crippen molar-refractivity contribution in [2.24, 2.45) is 0 Å². The summed E-state index contributed by atoms with van der Waals surface area (Å²) in [6.07, 6.45) is 1.70. The maximum atomic E-state index is 5.85. The number of nitrogens with zero attached hydrogens (tertiary/aromatic N) is 3. The van der Waals surface area contributed by atoms with E-state index in [0.29, 0.717) is 16.0 Å². The first kappa shape index (κ1) is 11.3. The first-order valence-corrected chi connectivity index (χ1v) is 5.10. The zero-order valence-corrected chi connectivity index (χ0v) is 9.76. The predicted molar refractivity (Wildman–Crippen MR) is 59.1 cm³/mol. The van der Waals surface area contributed by atoms with Crippen molar-refractivity contribution in [3.63, 3.8) is 0 Å². The third kappa shape index (κ3) is 1.99. The second-order valence-corrected chi connectivity index (χ2v) is 3.24. The van der Waals surface area contributed by atoms with E-state index in [4.69, 9.17) is 23.2 Å². The average Bonchev–Trinajstić information content (AvgIpc) is 2.52. The number of fused-ring (bicyclic) bond motifs is 1. The van der Waals surface area contributed by atoms with E-state index in [1.165, 1.54) is 0 Å². The number of aryl methyl sites for hydroxylation is 1. The quantitative estimate of drug-likeness (QED) is 0.652. The van der Waals surface area contributed by atoms with E-state index in [-0.39, 0.29) is 0 Å². The van der Waals surface area contributed by atoms with Crippen LogP contribution in [-0.2, 0) is 0 Å². The van der Waals surface area contributed by atoms with Gasteiger partial charge in [0.15, 0.2) is 5.65 Å². The molecular weight excluding hydrogens is 221 g/mol. The fourth-order valence-corrected chi connectivity index (χ4v) is 1.47. The van der Waals surface area contributed by atoms with Gasteiger partial charge in [-0.2, -0.15) is 5.10 Å². The molecule has 0 unspecified atom stereocenters. The molecule has 3 nitrogen and oxygen atoms in total. The van der Waals surface area contributed by atoms with E-state index in [1.54, 1.807) is 16.8 Å². The van der Waals surface area contributed by atoms with Gasteiger partial charge in [0.2, 0.25) is 0 Å². The van der Waals surface area contributed by atoms with Gasteiger partial charge >= 0.3 is 0 Å². The first-order chi connectivity index (χ1) is 6.68. The molecule has 0 aliphatic carbocycles. The van der Waals surface area contributed by atoms with Crippen LogP contribution in [0.4, 0.5) is 0 Å². The van der Waals surface area contributed by atoms with Crippen molar-refractivity contribution in [1.82, 2.24) is 14.6 Å². The van der Waals surface area contributed by atoms with Gasteiger partial charge in [-0.3, -0.25) is 0 Å². The lowest BCUT2D eigenvalue weighted by atomic mass is 10.4. The van der Waals surface area contributed by atoms with Crippen LogP contribution >= 0.6 is 23.2 Å². The lowest BCUT2D eigenvalue weighted by molar-refractivity contribution is 0.940. The predicted octanol–water partition coefficient (Wildman–Crippen LogP) is 3.37. The Morgan fingerprint density at radius 1 is 1.29 bits per heavy atom. The Labute approximate surface area is 92.7 Å². The van der Waals surface area contributed by atoms with Crippen molar-refractivity contribution in [1.29, 1.82) is 0 Å². The van der Waals surface area contributed by atoms with E-state index >= 15 is 0 Å². The Hall–Kier alpha value is -0.800. The highest BCUT2D eigenvalue weighted by molar-refractivity contribution is 6.33. The maximum Gasteiger partial charge on any atom is 0.161 e. The highest BCUT2D eigenvalue weighted by atomic mass is 35.5. The lowest BCUT2D eigenvalue weighted by Gasteiger charge is -1.96. The van der Waals surface area contributed by atoms with Crippen LogP contribution in [0.15, 0.2) is 12.3 Å².